The molecule has 1 aromatic rings. The summed E-state index contributed by atoms with van der Waals surface area (Å²) in [4.78, 5) is 60.0. The lowest BCUT2D eigenvalue weighted by Gasteiger charge is -2.22. The third kappa shape index (κ3) is 8.72. The van der Waals surface area contributed by atoms with Gasteiger partial charge in [0.25, 0.3) is 0 Å². The first-order chi connectivity index (χ1) is 17.4. The number of ketones is 1. The molecule has 37 heavy (non-hydrogen) atoms. The van der Waals surface area contributed by atoms with E-state index in [1.807, 2.05) is 5.32 Å². The van der Waals surface area contributed by atoms with Gasteiger partial charge in [0.15, 0.2) is 23.2 Å². The van der Waals surface area contributed by atoms with Crippen molar-refractivity contribution in [1.82, 2.24) is 16.0 Å². The van der Waals surface area contributed by atoms with Crippen LogP contribution in [0.5, 0.6) is 5.75 Å². The number of hydrogen-bond donors (Lipinski definition) is 4. The fourth-order valence-electron chi connectivity index (χ4n) is 3.67. The number of carboxylic acid groups (broad SMARTS) is 1. The minimum absolute atomic E-state index is 0.0707. The third-order valence-corrected chi connectivity index (χ3v) is 5.74. The van der Waals surface area contributed by atoms with Gasteiger partial charge in [-0.3, -0.25) is 24.0 Å². The van der Waals surface area contributed by atoms with E-state index in [0.29, 0.717) is 6.54 Å². The van der Waals surface area contributed by atoms with Crippen LogP contribution >= 0.6 is 0 Å². The molecule has 0 aromatic heterocycles. The van der Waals surface area contributed by atoms with E-state index in [9.17, 15) is 41.5 Å². The van der Waals surface area contributed by atoms with E-state index in [1.165, 1.54) is 6.92 Å². The van der Waals surface area contributed by atoms with Crippen LogP contribution in [0.4, 0.5) is 17.6 Å². The van der Waals surface area contributed by atoms with Crippen LogP contribution in [0.2, 0.25) is 0 Å². The van der Waals surface area contributed by atoms with Crippen molar-refractivity contribution in [1.29, 1.82) is 0 Å². The molecule has 204 valence electrons. The molecule has 3 amide bonds. The van der Waals surface area contributed by atoms with Crippen molar-refractivity contribution in [2.75, 3.05) is 13.2 Å². The second-order valence-corrected chi connectivity index (χ2v) is 8.62. The van der Waals surface area contributed by atoms with Crippen molar-refractivity contribution in [2.24, 2.45) is 5.92 Å². The van der Waals surface area contributed by atoms with Gasteiger partial charge >= 0.3 is 17.8 Å². The van der Waals surface area contributed by atoms with Gasteiger partial charge in [0.2, 0.25) is 17.5 Å². The summed E-state index contributed by atoms with van der Waals surface area (Å²) in [6.07, 6.45) is 4.06. The molecular weight excluding hydrogens is 506 g/mol. The topological polar surface area (TPSA) is 151 Å². The zero-order valence-electron chi connectivity index (χ0n) is 19.9. The first kappa shape index (κ1) is 29.5. The molecule has 4 N–H and O–H groups in total. The Morgan fingerprint density at radius 2 is 1.57 bits per heavy atom. The average molecular weight is 533 g/mol. The van der Waals surface area contributed by atoms with Gasteiger partial charge in [0.05, 0.1) is 6.42 Å². The average Bonchev–Trinajstić information content (AvgIpc) is 2.85. The number of nitrogens with one attached hydrogen (secondary N) is 3. The van der Waals surface area contributed by atoms with Crippen molar-refractivity contribution in [3.8, 4) is 5.75 Å². The first-order valence-corrected chi connectivity index (χ1v) is 11.5. The summed E-state index contributed by atoms with van der Waals surface area (Å²) >= 11 is 0. The summed E-state index contributed by atoms with van der Waals surface area (Å²) in [5, 5.41) is 15.7. The van der Waals surface area contributed by atoms with E-state index < -0.39 is 83.6 Å². The monoisotopic (exact) mass is 533 g/mol. The number of rotatable bonds is 11. The Kier molecular flexibility index (Phi) is 10.8. The number of carbonyl (C=O) groups is 5. The van der Waals surface area contributed by atoms with Crippen LogP contribution in [0.15, 0.2) is 6.07 Å². The quantitative estimate of drug-likeness (QED) is 0.190. The van der Waals surface area contributed by atoms with Crippen LogP contribution in [0.25, 0.3) is 0 Å². The van der Waals surface area contributed by atoms with E-state index in [0.717, 1.165) is 32.1 Å². The smallest absolute Gasteiger partial charge is 0.309 e. The van der Waals surface area contributed by atoms with Crippen LogP contribution in [0, 0.1) is 29.2 Å². The first-order valence-electron chi connectivity index (χ1n) is 11.5. The molecule has 2 rings (SSSR count). The summed E-state index contributed by atoms with van der Waals surface area (Å²) in [5.41, 5.74) is 0. The van der Waals surface area contributed by atoms with Gasteiger partial charge in [0.1, 0.15) is 18.7 Å². The van der Waals surface area contributed by atoms with E-state index in [2.05, 4.69) is 15.4 Å². The summed E-state index contributed by atoms with van der Waals surface area (Å²) in [6.45, 7) is 0.221. The van der Waals surface area contributed by atoms with Gasteiger partial charge in [-0.1, -0.05) is 19.3 Å². The summed E-state index contributed by atoms with van der Waals surface area (Å²) in [6, 6.07) is -3.25. The van der Waals surface area contributed by atoms with Crippen LogP contribution in [-0.4, -0.2) is 59.8 Å². The molecule has 1 aliphatic rings. The maximum atomic E-state index is 13.7. The van der Waals surface area contributed by atoms with Gasteiger partial charge in [-0.15, -0.1) is 0 Å². The fourth-order valence-corrected chi connectivity index (χ4v) is 3.67. The van der Waals surface area contributed by atoms with Crippen molar-refractivity contribution >= 4 is 29.5 Å². The van der Waals surface area contributed by atoms with Crippen LogP contribution in [0.3, 0.4) is 0 Å². The number of carbonyl (C=O) groups excluding carboxylic acids is 4. The normalized spacial score (nSPS) is 15.3. The van der Waals surface area contributed by atoms with Crippen LogP contribution < -0.4 is 20.7 Å². The van der Waals surface area contributed by atoms with Crippen molar-refractivity contribution < 1.29 is 51.4 Å². The Bertz CT molecular complexity index is 1020. The zero-order chi connectivity index (χ0) is 27.7. The number of Topliss-reactive ketones (excluding diaryl/α,β-unsaturated/α-hetero) is 1. The van der Waals surface area contributed by atoms with Gasteiger partial charge in [0, 0.05) is 12.6 Å². The van der Waals surface area contributed by atoms with Gasteiger partial charge < -0.3 is 25.8 Å². The lowest BCUT2D eigenvalue weighted by atomic mass is 9.89. The highest BCUT2D eigenvalue weighted by Crippen LogP contribution is 2.26. The minimum Gasteiger partial charge on any atom is -0.481 e. The van der Waals surface area contributed by atoms with Crippen molar-refractivity contribution in [3.63, 3.8) is 0 Å². The predicted molar refractivity (Wildman–Crippen MR) is 118 cm³/mol. The number of hydrogen-bond acceptors (Lipinski definition) is 6. The SMILES string of the molecule is C[C@H](NC(=O)C(=O)NCC1CCCCC1)C(=O)N[C@@H](CC(=O)O)C(=O)COc1c(F)c(F)cc(F)c1F. The van der Waals surface area contributed by atoms with Gasteiger partial charge in [-0.05, 0) is 25.7 Å². The van der Waals surface area contributed by atoms with Crippen molar-refractivity contribution in [2.45, 2.75) is 57.5 Å². The lowest BCUT2D eigenvalue weighted by Crippen LogP contribution is -2.54. The largest absolute Gasteiger partial charge is 0.481 e. The highest BCUT2D eigenvalue weighted by molar-refractivity contribution is 6.35. The third-order valence-electron chi connectivity index (χ3n) is 5.74. The number of halogens is 4. The lowest BCUT2D eigenvalue weighted by molar-refractivity contribution is -0.142. The van der Waals surface area contributed by atoms with E-state index >= 15 is 0 Å². The Hall–Kier alpha value is -3.71. The molecule has 2 atom stereocenters. The van der Waals surface area contributed by atoms with E-state index in [-0.39, 0.29) is 12.0 Å². The van der Waals surface area contributed by atoms with Crippen LogP contribution in [-0.2, 0) is 24.0 Å². The number of ether oxygens (including phenoxy) is 1. The molecule has 14 heteroatoms. The molecule has 10 nitrogen and oxygen atoms in total. The van der Waals surface area contributed by atoms with E-state index in [4.69, 9.17) is 5.11 Å². The molecule has 0 bridgehead atoms. The maximum absolute atomic E-state index is 13.7. The van der Waals surface area contributed by atoms with Gasteiger partial charge in [-0.2, -0.15) is 8.78 Å². The van der Waals surface area contributed by atoms with E-state index in [1.54, 1.807) is 0 Å². The number of amides is 3. The van der Waals surface area contributed by atoms with Gasteiger partial charge in [-0.25, -0.2) is 8.78 Å². The number of carboxylic acids is 1. The predicted octanol–water partition coefficient (Wildman–Crippen LogP) is 1.35. The maximum Gasteiger partial charge on any atom is 0.309 e. The Morgan fingerprint density at radius 3 is 2.14 bits per heavy atom. The highest BCUT2D eigenvalue weighted by Gasteiger charge is 2.29. The second-order valence-electron chi connectivity index (χ2n) is 8.62. The molecular formula is C23H27F4N3O7. The fraction of sp³-hybridized carbons (Fsp3) is 0.522. The molecule has 0 unspecified atom stereocenters. The minimum atomic E-state index is -1.91. The molecule has 0 spiro atoms. The molecule has 1 fully saturated rings. The molecule has 1 aromatic carbocycles. The summed E-state index contributed by atoms with van der Waals surface area (Å²) < 4.78 is 58.5. The Morgan fingerprint density at radius 1 is 0.973 bits per heavy atom. The second kappa shape index (κ2) is 13.6. The molecule has 0 saturated heterocycles. The zero-order valence-corrected chi connectivity index (χ0v) is 19.9. The summed E-state index contributed by atoms with van der Waals surface area (Å²) in [5.74, 6) is -14.6. The molecule has 1 saturated carbocycles. The molecule has 0 heterocycles. The van der Waals surface area contributed by atoms with Crippen LogP contribution in [0.1, 0.15) is 45.4 Å². The number of benzene rings is 1. The molecule has 0 radical (unpaired) electrons. The highest BCUT2D eigenvalue weighted by atomic mass is 19.2. The summed E-state index contributed by atoms with van der Waals surface area (Å²) in [7, 11) is 0. The standard InChI is InChI=1S/C23H27F4N3O7/c1-11(29-23(36)22(35)28-9-12-5-3-2-4-6-12)21(34)30-15(8-17(32)33)16(31)10-37-20-18(26)13(24)7-14(25)19(20)27/h7,11-12,15H,2-6,8-10H2,1H3,(H,28,35)(H,29,36)(H,30,34)(H,32,33)/t11-,15-/m0/s1. The Balaban J connectivity index is 1.94. The molecule has 0 aliphatic heterocycles. The van der Waals surface area contributed by atoms with Crippen molar-refractivity contribution in [3.05, 3.63) is 29.3 Å². The Labute approximate surface area is 209 Å². The number of aliphatic carboxylic acids is 1. The molecule has 1 aliphatic carbocycles.